The summed E-state index contributed by atoms with van der Waals surface area (Å²) in [7, 11) is 0. The van der Waals surface area contributed by atoms with E-state index in [4.69, 9.17) is 11.6 Å². The smallest absolute Gasteiger partial charge is 0.225 e. The van der Waals surface area contributed by atoms with Gasteiger partial charge in [-0.05, 0) is 24.4 Å². The molecule has 1 saturated carbocycles. The van der Waals surface area contributed by atoms with Crippen LogP contribution in [0.2, 0.25) is 0 Å². The van der Waals surface area contributed by atoms with Gasteiger partial charge in [-0.15, -0.1) is 0 Å². The van der Waals surface area contributed by atoms with Crippen molar-refractivity contribution in [1.82, 2.24) is 0 Å². The molecule has 0 saturated heterocycles. The molecule has 2 rings (SSSR count). The monoisotopic (exact) mass is 250 g/mol. The summed E-state index contributed by atoms with van der Waals surface area (Å²) >= 11 is 5.59. The Bertz CT molecular complexity index is 413. The molecule has 0 aliphatic heterocycles. The molecule has 2 atom stereocenters. The molecule has 3 heteroatoms. The summed E-state index contributed by atoms with van der Waals surface area (Å²) in [6.45, 7) is 0. The summed E-state index contributed by atoms with van der Waals surface area (Å²) in [5, 5.41) is -0.362. The lowest BCUT2D eigenvalue weighted by Gasteiger charge is -2.27. The van der Waals surface area contributed by atoms with Crippen LogP contribution in [-0.4, -0.2) is 11.0 Å². The lowest BCUT2D eigenvalue weighted by molar-refractivity contribution is -0.117. The number of rotatable bonds is 3. The maximum Gasteiger partial charge on any atom is 0.225 e. The molecule has 2 unspecified atom stereocenters. The molecule has 0 spiro atoms. The van der Waals surface area contributed by atoms with E-state index >= 15 is 0 Å². The molecule has 0 N–H and O–H groups in total. The topological polar surface area (TPSA) is 34.1 Å². The minimum absolute atomic E-state index is 0.0595. The van der Waals surface area contributed by atoms with Crippen LogP contribution in [-0.2, 0) is 4.79 Å². The van der Waals surface area contributed by atoms with Gasteiger partial charge in [0.1, 0.15) is 0 Å². The van der Waals surface area contributed by atoms with Gasteiger partial charge in [-0.25, -0.2) is 0 Å². The van der Waals surface area contributed by atoms with Gasteiger partial charge >= 0.3 is 0 Å². The van der Waals surface area contributed by atoms with Crippen molar-refractivity contribution in [3.05, 3.63) is 35.9 Å². The third-order valence-corrected chi connectivity index (χ3v) is 3.73. The minimum Gasteiger partial charge on any atom is -0.294 e. The second kappa shape index (κ2) is 5.46. The van der Waals surface area contributed by atoms with E-state index in [2.05, 4.69) is 0 Å². The summed E-state index contributed by atoms with van der Waals surface area (Å²) in [6.07, 6.45) is 3.51. The third kappa shape index (κ3) is 2.75. The lowest BCUT2D eigenvalue weighted by atomic mass is 9.76. The Balaban J connectivity index is 2.20. The number of ketones is 1. The van der Waals surface area contributed by atoms with Crippen molar-refractivity contribution < 1.29 is 9.59 Å². The predicted octanol–water partition coefficient (Wildman–Crippen LogP) is 3.44. The van der Waals surface area contributed by atoms with Gasteiger partial charge in [-0.2, -0.15) is 0 Å². The predicted molar refractivity (Wildman–Crippen MR) is 67.1 cm³/mol. The SMILES string of the molecule is O=C(Cl)C1CCCCC1C(=O)c1ccccc1. The third-order valence-electron chi connectivity index (χ3n) is 3.45. The van der Waals surface area contributed by atoms with Crippen LogP contribution in [0.1, 0.15) is 36.0 Å². The first-order chi connectivity index (χ1) is 8.20. The van der Waals surface area contributed by atoms with Crippen molar-refractivity contribution in [2.75, 3.05) is 0 Å². The van der Waals surface area contributed by atoms with Crippen molar-refractivity contribution in [3.63, 3.8) is 0 Å². The molecule has 0 aromatic heterocycles. The zero-order chi connectivity index (χ0) is 12.3. The van der Waals surface area contributed by atoms with Crippen LogP contribution in [0.4, 0.5) is 0 Å². The van der Waals surface area contributed by atoms with Crippen LogP contribution in [0.25, 0.3) is 0 Å². The Morgan fingerprint density at radius 1 is 1.00 bits per heavy atom. The average Bonchev–Trinajstić information content (AvgIpc) is 2.39. The van der Waals surface area contributed by atoms with E-state index in [1.165, 1.54) is 0 Å². The van der Waals surface area contributed by atoms with Gasteiger partial charge in [0.05, 0.1) is 0 Å². The van der Waals surface area contributed by atoms with E-state index in [1.807, 2.05) is 18.2 Å². The minimum atomic E-state index is -0.362. The number of carbonyl (C=O) groups excluding carboxylic acids is 2. The zero-order valence-electron chi connectivity index (χ0n) is 9.56. The fraction of sp³-hybridized carbons (Fsp3) is 0.429. The Hall–Kier alpha value is -1.15. The first kappa shape index (κ1) is 12.3. The molecule has 1 aliphatic rings. The van der Waals surface area contributed by atoms with E-state index < -0.39 is 0 Å². The molecule has 17 heavy (non-hydrogen) atoms. The standard InChI is InChI=1S/C14H15ClO2/c15-14(17)12-9-5-4-8-11(12)13(16)10-6-2-1-3-7-10/h1-3,6-7,11-12H,4-5,8-9H2. The summed E-state index contributed by atoms with van der Waals surface area (Å²) in [4.78, 5) is 23.7. The van der Waals surface area contributed by atoms with Crippen LogP contribution in [0.3, 0.4) is 0 Å². The highest BCUT2D eigenvalue weighted by Gasteiger charge is 2.35. The summed E-state index contributed by atoms with van der Waals surface area (Å²) in [5.41, 5.74) is 0.683. The number of benzene rings is 1. The highest BCUT2D eigenvalue weighted by Crippen LogP contribution is 2.33. The molecular formula is C14H15ClO2. The molecule has 0 bridgehead atoms. The van der Waals surface area contributed by atoms with Gasteiger partial charge in [0.2, 0.25) is 5.24 Å². The van der Waals surface area contributed by atoms with Gasteiger partial charge in [0, 0.05) is 17.4 Å². The van der Waals surface area contributed by atoms with Crippen LogP contribution >= 0.6 is 11.6 Å². The van der Waals surface area contributed by atoms with Crippen molar-refractivity contribution >= 4 is 22.6 Å². The Morgan fingerprint density at radius 2 is 1.59 bits per heavy atom. The van der Waals surface area contributed by atoms with Crippen molar-refractivity contribution in [1.29, 1.82) is 0 Å². The van der Waals surface area contributed by atoms with Gasteiger partial charge in [-0.1, -0.05) is 43.2 Å². The van der Waals surface area contributed by atoms with Crippen molar-refractivity contribution in [3.8, 4) is 0 Å². The normalized spacial score (nSPS) is 24.3. The maximum atomic E-state index is 12.3. The van der Waals surface area contributed by atoms with Gasteiger partial charge in [0.25, 0.3) is 0 Å². The molecule has 2 nitrogen and oxygen atoms in total. The van der Waals surface area contributed by atoms with E-state index in [9.17, 15) is 9.59 Å². The maximum absolute atomic E-state index is 12.3. The number of carbonyl (C=O) groups is 2. The van der Waals surface area contributed by atoms with Gasteiger partial charge in [0.15, 0.2) is 5.78 Å². The molecule has 0 amide bonds. The first-order valence-corrected chi connectivity index (χ1v) is 6.36. The van der Waals surface area contributed by atoms with Gasteiger partial charge in [-0.3, -0.25) is 9.59 Å². The molecule has 1 aliphatic carbocycles. The fourth-order valence-electron chi connectivity index (χ4n) is 2.53. The number of hydrogen-bond acceptors (Lipinski definition) is 2. The number of Topliss-reactive ketones (excluding diaryl/α,β-unsaturated/α-hetero) is 1. The van der Waals surface area contributed by atoms with Crippen molar-refractivity contribution in [2.24, 2.45) is 11.8 Å². The summed E-state index contributed by atoms with van der Waals surface area (Å²) < 4.78 is 0. The molecule has 1 aromatic rings. The molecule has 0 radical (unpaired) electrons. The Kier molecular flexibility index (Phi) is 3.95. The number of hydrogen-bond donors (Lipinski definition) is 0. The fourth-order valence-corrected chi connectivity index (χ4v) is 2.79. The van der Waals surface area contributed by atoms with Crippen LogP contribution in [0.5, 0.6) is 0 Å². The summed E-state index contributed by atoms with van der Waals surface area (Å²) in [6, 6.07) is 9.16. The van der Waals surface area contributed by atoms with E-state index in [-0.39, 0.29) is 22.9 Å². The Labute approximate surface area is 106 Å². The average molecular weight is 251 g/mol. The van der Waals surface area contributed by atoms with E-state index in [0.29, 0.717) is 5.56 Å². The molecule has 90 valence electrons. The van der Waals surface area contributed by atoms with Gasteiger partial charge < -0.3 is 0 Å². The summed E-state index contributed by atoms with van der Waals surface area (Å²) in [5.74, 6) is -0.460. The zero-order valence-corrected chi connectivity index (χ0v) is 10.3. The second-order valence-electron chi connectivity index (χ2n) is 4.53. The largest absolute Gasteiger partial charge is 0.294 e. The lowest BCUT2D eigenvalue weighted by Crippen LogP contribution is -2.30. The molecule has 1 fully saturated rings. The Morgan fingerprint density at radius 3 is 2.18 bits per heavy atom. The number of halogens is 1. The van der Waals surface area contributed by atoms with Crippen LogP contribution in [0.15, 0.2) is 30.3 Å². The van der Waals surface area contributed by atoms with E-state index in [1.54, 1.807) is 12.1 Å². The molecular weight excluding hydrogens is 236 g/mol. The van der Waals surface area contributed by atoms with Crippen molar-refractivity contribution in [2.45, 2.75) is 25.7 Å². The van der Waals surface area contributed by atoms with Crippen LogP contribution in [0, 0.1) is 11.8 Å². The molecule has 0 heterocycles. The quantitative estimate of drug-likeness (QED) is 0.608. The van der Waals surface area contributed by atoms with E-state index in [0.717, 1.165) is 25.7 Å². The van der Waals surface area contributed by atoms with Crippen LogP contribution < -0.4 is 0 Å². The highest BCUT2D eigenvalue weighted by atomic mass is 35.5. The highest BCUT2D eigenvalue weighted by molar-refractivity contribution is 6.64. The first-order valence-electron chi connectivity index (χ1n) is 5.99. The second-order valence-corrected chi connectivity index (χ2v) is 4.90. The molecule has 1 aromatic carbocycles.